The van der Waals surface area contributed by atoms with E-state index in [-0.39, 0.29) is 11.3 Å². The molecule has 0 fully saturated rings. The fraction of sp³-hybridized carbons (Fsp3) is 0.143. The predicted molar refractivity (Wildman–Crippen MR) is 100 cm³/mol. The van der Waals surface area contributed by atoms with Crippen molar-refractivity contribution in [2.24, 2.45) is 12.8 Å². The summed E-state index contributed by atoms with van der Waals surface area (Å²) in [6, 6.07) is 10.1. The molecule has 1 heterocycles. The molecule has 0 aliphatic heterocycles. The molecule has 0 radical (unpaired) electrons. The minimum atomic E-state index is -0.657. The van der Waals surface area contributed by atoms with Crippen molar-refractivity contribution in [3.63, 3.8) is 0 Å². The quantitative estimate of drug-likeness (QED) is 0.660. The van der Waals surface area contributed by atoms with Crippen molar-refractivity contribution in [1.82, 2.24) is 4.57 Å². The van der Waals surface area contributed by atoms with Crippen LogP contribution in [0.5, 0.6) is 0 Å². The Labute approximate surface area is 155 Å². The maximum atomic E-state index is 14.0. The zero-order valence-electron chi connectivity index (χ0n) is 14.9. The monoisotopic (exact) mass is 365 g/mol. The molecule has 4 nitrogen and oxygen atoms in total. The summed E-state index contributed by atoms with van der Waals surface area (Å²) in [5.74, 6) is -1.92. The summed E-state index contributed by atoms with van der Waals surface area (Å²) in [5, 5.41) is 0. The van der Waals surface area contributed by atoms with Gasteiger partial charge in [-0.2, -0.15) is 0 Å². The molecular formula is C21H17F2N3O. The fourth-order valence-electron chi connectivity index (χ4n) is 3.34. The van der Waals surface area contributed by atoms with Crippen LogP contribution in [0.1, 0.15) is 23.1 Å². The van der Waals surface area contributed by atoms with Crippen molar-refractivity contribution in [3.05, 3.63) is 76.9 Å². The highest BCUT2D eigenvalue weighted by molar-refractivity contribution is 6.03. The number of hydrogen-bond donors (Lipinski definition) is 1. The van der Waals surface area contributed by atoms with E-state index in [0.717, 1.165) is 11.8 Å². The maximum Gasteiger partial charge on any atom is 0.264 e. The Kier molecular flexibility index (Phi) is 4.78. The molecule has 1 aromatic heterocycles. The van der Waals surface area contributed by atoms with Crippen molar-refractivity contribution in [2.45, 2.75) is 13.3 Å². The number of halogens is 2. The minimum absolute atomic E-state index is 0.263. The van der Waals surface area contributed by atoms with Crippen LogP contribution in [0.15, 0.2) is 42.5 Å². The Morgan fingerprint density at radius 3 is 2.30 bits per heavy atom. The van der Waals surface area contributed by atoms with Crippen LogP contribution in [-0.4, -0.2) is 10.5 Å². The van der Waals surface area contributed by atoms with E-state index in [1.807, 2.05) is 6.92 Å². The molecule has 0 spiro atoms. The Bertz CT molecular complexity index is 1080. The summed E-state index contributed by atoms with van der Waals surface area (Å²) in [7, 11) is 1.71. The fourth-order valence-corrected chi connectivity index (χ4v) is 3.34. The van der Waals surface area contributed by atoms with E-state index in [1.165, 1.54) is 12.1 Å². The van der Waals surface area contributed by atoms with Crippen LogP contribution in [0.2, 0.25) is 0 Å². The van der Waals surface area contributed by atoms with Crippen molar-refractivity contribution in [2.75, 3.05) is 0 Å². The number of aromatic nitrogens is 1. The number of hydrogen-bond acceptors (Lipinski definition) is 1. The molecule has 3 rings (SSSR count). The van der Waals surface area contributed by atoms with Crippen LogP contribution in [0.4, 0.5) is 14.5 Å². The van der Waals surface area contributed by atoms with Gasteiger partial charge >= 0.3 is 0 Å². The summed E-state index contributed by atoms with van der Waals surface area (Å²) in [6.45, 7) is 9.43. The number of nitrogens with two attached hydrogens (primary N) is 1. The second-order valence-corrected chi connectivity index (χ2v) is 6.11. The SMILES string of the molecule is [C-]#[N+]c1c(-c2ccc(-c3ccc(F)cc3F)cc2)c(C(N)=O)n(C)c1CC. The lowest BCUT2D eigenvalue weighted by Gasteiger charge is -2.08. The molecule has 0 saturated carbocycles. The second-order valence-electron chi connectivity index (χ2n) is 6.11. The highest BCUT2D eigenvalue weighted by Crippen LogP contribution is 2.40. The molecule has 0 atom stereocenters. The Morgan fingerprint density at radius 2 is 1.78 bits per heavy atom. The number of nitrogens with zero attached hydrogens (tertiary/aromatic N) is 2. The third-order valence-electron chi connectivity index (χ3n) is 4.58. The van der Waals surface area contributed by atoms with Crippen LogP contribution < -0.4 is 5.73 Å². The Morgan fingerprint density at radius 1 is 1.15 bits per heavy atom. The summed E-state index contributed by atoms with van der Waals surface area (Å²) < 4.78 is 28.8. The van der Waals surface area contributed by atoms with Gasteiger partial charge in [0.1, 0.15) is 17.3 Å². The summed E-state index contributed by atoms with van der Waals surface area (Å²) in [5.41, 5.74) is 8.87. The standard InChI is InChI=1S/C21H17F2N3O/c1-4-17-19(25-2)18(20(21(24)27)26(17)3)13-7-5-12(6-8-13)15-10-9-14(22)11-16(15)23/h5-11H,4H2,1,3H3,(H2,24,27). The van der Waals surface area contributed by atoms with Crippen LogP contribution in [-0.2, 0) is 13.5 Å². The first-order valence-corrected chi connectivity index (χ1v) is 8.33. The van der Waals surface area contributed by atoms with E-state index in [9.17, 15) is 13.6 Å². The van der Waals surface area contributed by atoms with Crippen molar-refractivity contribution in [1.29, 1.82) is 0 Å². The minimum Gasteiger partial charge on any atom is -0.364 e. The van der Waals surface area contributed by atoms with E-state index >= 15 is 0 Å². The normalized spacial score (nSPS) is 10.6. The molecule has 0 bridgehead atoms. The zero-order chi connectivity index (χ0) is 19.7. The lowest BCUT2D eigenvalue weighted by molar-refractivity contribution is 0.0993. The van der Waals surface area contributed by atoms with E-state index < -0.39 is 17.5 Å². The topological polar surface area (TPSA) is 52.4 Å². The molecule has 0 aliphatic rings. The van der Waals surface area contributed by atoms with Crippen LogP contribution in [0.25, 0.3) is 27.1 Å². The van der Waals surface area contributed by atoms with Gasteiger partial charge in [-0.25, -0.2) is 13.6 Å². The molecule has 3 aromatic rings. The van der Waals surface area contributed by atoms with Crippen molar-refractivity contribution < 1.29 is 13.6 Å². The first kappa shape index (κ1) is 18.3. The maximum absolute atomic E-state index is 14.0. The van der Waals surface area contributed by atoms with Crippen LogP contribution >= 0.6 is 0 Å². The third-order valence-corrected chi connectivity index (χ3v) is 4.58. The highest BCUT2D eigenvalue weighted by Gasteiger charge is 2.24. The Balaban J connectivity index is 2.16. The number of amides is 1. The smallest absolute Gasteiger partial charge is 0.264 e. The van der Waals surface area contributed by atoms with E-state index in [4.69, 9.17) is 12.3 Å². The van der Waals surface area contributed by atoms with Crippen molar-refractivity contribution in [3.8, 4) is 22.3 Å². The third kappa shape index (κ3) is 3.08. The van der Waals surface area contributed by atoms with E-state index in [2.05, 4.69) is 4.85 Å². The molecule has 0 aliphatic carbocycles. The van der Waals surface area contributed by atoms with Gasteiger partial charge in [0.25, 0.3) is 5.91 Å². The lowest BCUT2D eigenvalue weighted by atomic mass is 9.98. The van der Waals surface area contributed by atoms with Crippen LogP contribution in [0.3, 0.4) is 0 Å². The molecule has 0 unspecified atom stereocenters. The molecule has 27 heavy (non-hydrogen) atoms. The summed E-state index contributed by atoms with van der Waals surface area (Å²) in [4.78, 5) is 15.6. The van der Waals surface area contributed by atoms with Gasteiger partial charge in [-0.1, -0.05) is 31.2 Å². The van der Waals surface area contributed by atoms with Gasteiger partial charge in [-0.3, -0.25) is 4.79 Å². The summed E-state index contributed by atoms with van der Waals surface area (Å²) >= 11 is 0. The van der Waals surface area contributed by atoms with E-state index in [0.29, 0.717) is 28.8 Å². The number of benzene rings is 2. The summed E-state index contributed by atoms with van der Waals surface area (Å²) in [6.07, 6.45) is 0.577. The first-order chi connectivity index (χ1) is 12.9. The Hall–Kier alpha value is -3.46. The average molecular weight is 365 g/mol. The second kappa shape index (κ2) is 7.04. The largest absolute Gasteiger partial charge is 0.364 e. The van der Waals surface area contributed by atoms with E-state index in [1.54, 1.807) is 35.9 Å². The van der Waals surface area contributed by atoms with Gasteiger partial charge < -0.3 is 10.3 Å². The number of carbonyl (C=O) groups excluding carboxylic acids is 1. The molecular weight excluding hydrogens is 348 g/mol. The number of carbonyl (C=O) groups is 1. The molecule has 2 aromatic carbocycles. The predicted octanol–water partition coefficient (Wildman–Crippen LogP) is 4.85. The zero-order valence-corrected chi connectivity index (χ0v) is 14.9. The van der Waals surface area contributed by atoms with Gasteiger partial charge in [0.2, 0.25) is 5.69 Å². The van der Waals surface area contributed by atoms with Gasteiger partial charge in [-0.15, -0.1) is 0 Å². The van der Waals surface area contributed by atoms with Gasteiger partial charge in [-0.05, 0) is 29.7 Å². The first-order valence-electron chi connectivity index (χ1n) is 8.33. The lowest BCUT2D eigenvalue weighted by Crippen LogP contribution is -2.17. The molecule has 6 heteroatoms. The highest BCUT2D eigenvalue weighted by atomic mass is 19.1. The molecule has 136 valence electrons. The van der Waals surface area contributed by atoms with Crippen molar-refractivity contribution >= 4 is 11.6 Å². The number of rotatable bonds is 4. The van der Waals surface area contributed by atoms with Gasteiger partial charge in [0.05, 0.1) is 6.57 Å². The number of primary amides is 1. The average Bonchev–Trinajstić information content (AvgIpc) is 2.93. The molecule has 0 saturated heterocycles. The van der Waals surface area contributed by atoms with Gasteiger partial charge in [0.15, 0.2) is 0 Å². The van der Waals surface area contributed by atoms with Crippen LogP contribution in [0, 0.1) is 18.2 Å². The van der Waals surface area contributed by atoms with Gasteiger partial charge in [0, 0.05) is 29.9 Å². The molecule has 2 N–H and O–H groups in total. The molecule has 1 amide bonds.